The topological polar surface area (TPSA) is 82.9 Å². The second-order valence-corrected chi connectivity index (χ2v) is 6.97. The predicted octanol–water partition coefficient (Wildman–Crippen LogP) is 2.66. The first kappa shape index (κ1) is 17.7. The van der Waals surface area contributed by atoms with Crippen LogP contribution in [0.2, 0.25) is 5.02 Å². The summed E-state index contributed by atoms with van der Waals surface area (Å²) in [6, 6.07) is 7.19. The van der Waals surface area contributed by atoms with Crippen LogP contribution in [0.15, 0.2) is 38.4 Å². The second kappa shape index (κ2) is 7.15. The van der Waals surface area contributed by atoms with Crippen molar-refractivity contribution in [2.24, 2.45) is 0 Å². The molecule has 0 saturated heterocycles. The lowest BCUT2D eigenvalue weighted by atomic mass is 10.0. The number of rotatable bonds is 4. The molecule has 2 aromatic heterocycles. The van der Waals surface area contributed by atoms with E-state index in [9.17, 15) is 9.59 Å². The number of nitrogens with zero attached hydrogens (tertiary/aromatic N) is 4. The van der Waals surface area contributed by atoms with Gasteiger partial charge >= 0.3 is 5.69 Å². The standard InChI is InChI=1S/C19H19ClN4O3/c1-2-15-21-17(22-27-15)16-14-9-5-6-10-23(14)19(26)24(18(16)25)11-12-7-3-4-8-13(12)20/h3-4,7-8H,2,5-6,9-11H2,1H3. The van der Waals surface area contributed by atoms with E-state index in [4.69, 9.17) is 16.1 Å². The molecule has 1 aliphatic rings. The lowest BCUT2D eigenvalue weighted by Crippen LogP contribution is -2.44. The molecule has 0 aliphatic carbocycles. The lowest BCUT2D eigenvalue weighted by molar-refractivity contribution is 0.382. The summed E-state index contributed by atoms with van der Waals surface area (Å²) in [6.45, 7) is 2.57. The molecule has 4 rings (SSSR count). The monoisotopic (exact) mass is 386 g/mol. The Morgan fingerprint density at radius 2 is 2.04 bits per heavy atom. The molecular weight excluding hydrogens is 368 g/mol. The van der Waals surface area contributed by atoms with Gasteiger partial charge in [-0.25, -0.2) is 4.79 Å². The number of aryl methyl sites for hydroxylation is 1. The highest BCUT2D eigenvalue weighted by Crippen LogP contribution is 2.22. The molecule has 0 N–H and O–H groups in total. The molecule has 1 aliphatic heterocycles. The van der Waals surface area contributed by atoms with Crippen LogP contribution in [0.5, 0.6) is 0 Å². The molecule has 7 nitrogen and oxygen atoms in total. The van der Waals surface area contributed by atoms with Crippen molar-refractivity contribution in [2.75, 3.05) is 0 Å². The van der Waals surface area contributed by atoms with E-state index in [-0.39, 0.29) is 18.1 Å². The summed E-state index contributed by atoms with van der Waals surface area (Å²) in [4.78, 5) is 30.6. The van der Waals surface area contributed by atoms with Crippen molar-refractivity contribution in [1.82, 2.24) is 19.3 Å². The first-order chi connectivity index (χ1) is 13.1. The maximum absolute atomic E-state index is 13.3. The summed E-state index contributed by atoms with van der Waals surface area (Å²) in [6.07, 6.45) is 3.03. The van der Waals surface area contributed by atoms with Crippen LogP contribution in [0.25, 0.3) is 11.4 Å². The Bertz CT molecular complexity index is 1110. The SMILES string of the molecule is CCc1nc(-c2c3n(c(=O)n(Cc4ccccc4Cl)c2=O)CCCC3)no1. The summed E-state index contributed by atoms with van der Waals surface area (Å²) < 4.78 is 8.09. The molecule has 3 aromatic rings. The van der Waals surface area contributed by atoms with Gasteiger partial charge in [-0.05, 0) is 30.9 Å². The van der Waals surface area contributed by atoms with Gasteiger partial charge in [-0.3, -0.25) is 13.9 Å². The number of aromatic nitrogens is 4. The maximum Gasteiger partial charge on any atom is 0.331 e. The highest BCUT2D eigenvalue weighted by Gasteiger charge is 2.25. The molecule has 3 heterocycles. The number of hydrogen-bond acceptors (Lipinski definition) is 5. The van der Waals surface area contributed by atoms with Gasteiger partial charge in [0.15, 0.2) is 0 Å². The molecule has 0 unspecified atom stereocenters. The van der Waals surface area contributed by atoms with Gasteiger partial charge in [0.1, 0.15) is 5.56 Å². The van der Waals surface area contributed by atoms with E-state index in [2.05, 4.69) is 10.1 Å². The van der Waals surface area contributed by atoms with Gasteiger partial charge < -0.3 is 4.52 Å². The van der Waals surface area contributed by atoms with Gasteiger partial charge in [-0.15, -0.1) is 0 Å². The normalized spacial score (nSPS) is 13.6. The second-order valence-electron chi connectivity index (χ2n) is 6.56. The van der Waals surface area contributed by atoms with E-state index in [1.54, 1.807) is 10.6 Å². The smallest absolute Gasteiger partial charge is 0.331 e. The average Bonchev–Trinajstić information content (AvgIpc) is 3.15. The Labute approximate surface area is 160 Å². The van der Waals surface area contributed by atoms with E-state index < -0.39 is 5.56 Å². The molecular formula is C19H19ClN4O3. The van der Waals surface area contributed by atoms with Gasteiger partial charge in [0.05, 0.1) is 6.54 Å². The van der Waals surface area contributed by atoms with Gasteiger partial charge in [-0.1, -0.05) is 41.9 Å². The Kier molecular flexibility index (Phi) is 4.70. The third kappa shape index (κ3) is 3.12. The number of halogens is 1. The van der Waals surface area contributed by atoms with Gasteiger partial charge in [0, 0.05) is 23.7 Å². The van der Waals surface area contributed by atoms with Crippen molar-refractivity contribution in [2.45, 2.75) is 45.7 Å². The lowest BCUT2D eigenvalue weighted by Gasteiger charge is -2.22. The summed E-state index contributed by atoms with van der Waals surface area (Å²) >= 11 is 6.24. The number of fused-ring (bicyclic) bond motifs is 1. The van der Waals surface area contributed by atoms with Crippen LogP contribution >= 0.6 is 11.6 Å². The quantitative estimate of drug-likeness (QED) is 0.688. The zero-order chi connectivity index (χ0) is 19.0. The predicted molar refractivity (Wildman–Crippen MR) is 101 cm³/mol. The van der Waals surface area contributed by atoms with Crippen molar-refractivity contribution in [3.63, 3.8) is 0 Å². The van der Waals surface area contributed by atoms with Crippen LogP contribution in [-0.2, 0) is 25.9 Å². The Morgan fingerprint density at radius 3 is 2.78 bits per heavy atom. The van der Waals surface area contributed by atoms with Gasteiger partial charge in [0.25, 0.3) is 5.56 Å². The highest BCUT2D eigenvalue weighted by atomic mass is 35.5. The molecule has 0 atom stereocenters. The largest absolute Gasteiger partial charge is 0.339 e. The third-order valence-electron chi connectivity index (χ3n) is 4.86. The Balaban J connectivity index is 1.94. The van der Waals surface area contributed by atoms with Crippen LogP contribution in [-0.4, -0.2) is 19.3 Å². The van der Waals surface area contributed by atoms with Crippen molar-refractivity contribution in [3.8, 4) is 11.4 Å². The van der Waals surface area contributed by atoms with E-state index in [0.29, 0.717) is 47.1 Å². The molecule has 0 spiro atoms. The zero-order valence-electron chi connectivity index (χ0n) is 14.9. The van der Waals surface area contributed by atoms with Crippen LogP contribution in [0.4, 0.5) is 0 Å². The molecule has 0 radical (unpaired) electrons. The molecule has 0 amide bonds. The van der Waals surface area contributed by atoms with Gasteiger partial charge in [-0.2, -0.15) is 4.98 Å². The third-order valence-corrected chi connectivity index (χ3v) is 5.23. The van der Waals surface area contributed by atoms with Crippen molar-refractivity contribution in [3.05, 3.63) is 67.3 Å². The van der Waals surface area contributed by atoms with Gasteiger partial charge in [0.2, 0.25) is 11.7 Å². The first-order valence-corrected chi connectivity index (χ1v) is 9.40. The van der Waals surface area contributed by atoms with Crippen molar-refractivity contribution >= 4 is 11.6 Å². The fourth-order valence-electron chi connectivity index (χ4n) is 3.46. The Hall–Kier alpha value is -2.67. The summed E-state index contributed by atoms with van der Waals surface area (Å²) in [5.41, 5.74) is 1.03. The van der Waals surface area contributed by atoms with Crippen LogP contribution in [0.1, 0.15) is 36.9 Å². The van der Waals surface area contributed by atoms with Crippen LogP contribution < -0.4 is 11.2 Å². The minimum atomic E-state index is -0.406. The molecule has 8 heteroatoms. The highest BCUT2D eigenvalue weighted by molar-refractivity contribution is 6.31. The fraction of sp³-hybridized carbons (Fsp3) is 0.368. The number of hydrogen-bond donors (Lipinski definition) is 0. The van der Waals surface area contributed by atoms with Crippen molar-refractivity contribution in [1.29, 1.82) is 0 Å². The molecule has 0 fully saturated rings. The van der Waals surface area contributed by atoms with E-state index in [0.717, 1.165) is 12.8 Å². The van der Waals surface area contributed by atoms with E-state index in [1.807, 2.05) is 25.1 Å². The zero-order valence-corrected chi connectivity index (χ0v) is 15.7. The average molecular weight is 387 g/mol. The summed E-state index contributed by atoms with van der Waals surface area (Å²) in [7, 11) is 0. The Morgan fingerprint density at radius 1 is 1.22 bits per heavy atom. The summed E-state index contributed by atoms with van der Waals surface area (Å²) in [5, 5.41) is 4.50. The van der Waals surface area contributed by atoms with E-state index in [1.165, 1.54) is 4.57 Å². The minimum absolute atomic E-state index is 0.100. The molecule has 0 saturated carbocycles. The fourth-order valence-corrected chi connectivity index (χ4v) is 3.65. The number of benzene rings is 1. The first-order valence-electron chi connectivity index (χ1n) is 9.03. The maximum atomic E-state index is 13.3. The van der Waals surface area contributed by atoms with Crippen molar-refractivity contribution < 1.29 is 4.52 Å². The van der Waals surface area contributed by atoms with Crippen LogP contribution in [0.3, 0.4) is 0 Å². The summed E-state index contributed by atoms with van der Waals surface area (Å²) in [5.74, 6) is 0.707. The minimum Gasteiger partial charge on any atom is -0.339 e. The molecule has 140 valence electrons. The van der Waals surface area contributed by atoms with Crippen LogP contribution in [0, 0.1) is 0 Å². The molecule has 27 heavy (non-hydrogen) atoms. The molecule has 1 aromatic carbocycles. The molecule has 0 bridgehead atoms. The van der Waals surface area contributed by atoms with E-state index >= 15 is 0 Å².